The first-order valence-corrected chi connectivity index (χ1v) is 8.31. The van der Waals surface area contributed by atoms with Gasteiger partial charge in [-0.2, -0.15) is 0 Å². The van der Waals surface area contributed by atoms with Crippen LogP contribution in [0.4, 0.5) is 0 Å². The third-order valence-corrected chi connectivity index (χ3v) is 5.06. The number of nitrogens with zero attached hydrogens (tertiary/aromatic N) is 1. The van der Waals surface area contributed by atoms with Gasteiger partial charge < -0.3 is 5.32 Å². The van der Waals surface area contributed by atoms with Gasteiger partial charge in [0.05, 0.1) is 0 Å². The van der Waals surface area contributed by atoms with Gasteiger partial charge in [-0.3, -0.25) is 4.90 Å². The van der Waals surface area contributed by atoms with Crippen molar-refractivity contribution in [3.8, 4) is 0 Å². The van der Waals surface area contributed by atoms with Crippen LogP contribution >= 0.6 is 0 Å². The van der Waals surface area contributed by atoms with Gasteiger partial charge in [0.25, 0.3) is 0 Å². The van der Waals surface area contributed by atoms with Crippen molar-refractivity contribution in [2.24, 2.45) is 5.41 Å². The Balaban J connectivity index is 2.30. The molecule has 0 bridgehead atoms. The van der Waals surface area contributed by atoms with Crippen LogP contribution in [0.5, 0.6) is 0 Å². The number of hydrogen-bond acceptors (Lipinski definition) is 2. The summed E-state index contributed by atoms with van der Waals surface area (Å²) in [6, 6.07) is 2.10. The van der Waals surface area contributed by atoms with Gasteiger partial charge in [0.15, 0.2) is 0 Å². The standard InChI is InChI=1S/C17H36N2/c1-7-8-14(2)18-13-15(3)19(6)16-9-11-17(4,5)12-10-16/h14-16,18H,7-13H2,1-6H3. The fourth-order valence-electron chi connectivity index (χ4n) is 3.20. The highest BCUT2D eigenvalue weighted by Gasteiger charge is 2.30. The number of nitrogens with one attached hydrogen (secondary N) is 1. The fourth-order valence-corrected chi connectivity index (χ4v) is 3.20. The predicted octanol–water partition coefficient (Wildman–Crippen LogP) is 4.05. The van der Waals surface area contributed by atoms with Crippen LogP contribution in [0.15, 0.2) is 0 Å². The van der Waals surface area contributed by atoms with Crippen LogP contribution in [-0.2, 0) is 0 Å². The van der Waals surface area contributed by atoms with E-state index < -0.39 is 0 Å². The molecule has 0 radical (unpaired) electrons. The van der Waals surface area contributed by atoms with Gasteiger partial charge in [0.2, 0.25) is 0 Å². The molecule has 0 aromatic heterocycles. The van der Waals surface area contributed by atoms with Gasteiger partial charge in [-0.1, -0.05) is 27.2 Å². The van der Waals surface area contributed by atoms with Crippen LogP contribution in [0.2, 0.25) is 0 Å². The van der Waals surface area contributed by atoms with E-state index in [1.807, 2.05) is 0 Å². The summed E-state index contributed by atoms with van der Waals surface area (Å²) < 4.78 is 0. The lowest BCUT2D eigenvalue weighted by Crippen LogP contribution is -2.47. The first-order chi connectivity index (χ1) is 8.85. The maximum absolute atomic E-state index is 3.68. The van der Waals surface area contributed by atoms with Crippen LogP contribution in [0.3, 0.4) is 0 Å². The molecular weight excluding hydrogens is 232 g/mol. The zero-order valence-corrected chi connectivity index (χ0v) is 14.1. The van der Waals surface area contributed by atoms with Crippen molar-refractivity contribution < 1.29 is 0 Å². The molecule has 1 aliphatic carbocycles. The van der Waals surface area contributed by atoms with E-state index in [4.69, 9.17) is 0 Å². The summed E-state index contributed by atoms with van der Waals surface area (Å²) in [6.45, 7) is 12.9. The molecule has 0 spiro atoms. The average molecular weight is 268 g/mol. The van der Waals surface area contributed by atoms with Crippen molar-refractivity contribution in [3.63, 3.8) is 0 Å². The van der Waals surface area contributed by atoms with Crippen LogP contribution in [0.1, 0.15) is 73.1 Å². The molecule has 2 heteroatoms. The van der Waals surface area contributed by atoms with Gasteiger partial charge in [0.1, 0.15) is 0 Å². The normalized spacial score (nSPS) is 23.5. The van der Waals surface area contributed by atoms with Gasteiger partial charge in [-0.25, -0.2) is 0 Å². The summed E-state index contributed by atoms with van der Waals surface area (Å²) in [6.07, 6.45) is 8.07. The van der Waals surface area contributed by atoms with Crippen LogP contribution in [0.25, 0.3) is 0 Å². The fraction of sp³-hybridized carbons (Fsp3) is 1.00. The Morgan fingerprint density at radius 2 is 1.79 bits per heavy atom. The van der Waals surface area contributed by atoms with Crippen molar-refractivity contribution in [1.29, 1.82) is 0 Å². The first-order valence-electron chi connectivity index (χ1n) is 8.31. The highest BCUT2D eigenvalue weighted by molar-refractivity contribution is 4.85. The van der Waals surface area contributed by atoms with Crippen molar-refractivity contribution in [1.82, 2.24) is 10.2 Å². The lowest BCUT2D eigenvalue weighted by Gasteiger charge is -2.41. The van der Waals surface area contributed by atoms with E-state index in [0.717, 1.165) is 12.6 Å². The summed E-state index contributed by atoms with van der Waals surface area (Å²) in [7, 11) is 2.32. The number of hydrogen-bond donors (Lipinski definition) is 1. The van der Waals surface area contributed by atoms with E-state index >= 15 is 0 Å². The van der Waals surface area contributed by atoms with Crippen LogP contribution in [0, 0.1) is 5.41 Å². The molecule has 1 rings (SSSR count). The van der Waals surface area contributed by atoms with E-state index in [2.05, 4.69) is 51.9 Å². The smallest absolute Gasteiger partial charge is 0.0192 e. The molecule has 0 saturated heterocycles. The minimum Gasteiger partial charge on any atom is -0.313 e. The summed E-state index contributed by atoms with van der Waals surface area (Å²) in [5.74, 6) is 0. The molecule has 0 aromatic carbocycles. The average Bonchev–Trinajstić information content (AvgIpc) is 2.35. The molecule has 2 nitrogen and oxygen atoms in total. The molecule has 1 fully saturated rings. The van der Waals surface area contributed by atoms with E-state index in [1.165, 1.54) is 38.5 Å². The summed E-state index contributed by atoms with van der Waals surface area (Å²) in [4.78, 5) is 2.61. The predicted molar refractivity (Wildman–Crippen MR) is 85.6 cm³/mol. The molecule has 19 heavy (non-hydrogen) atoms. The zero-order chi connectivity index (χ0) is 14.5. The van der Waals surface area contributed by atoms with E-state index in [9.17, 15) is 0 Å². The van der Waals surface area contributed by atoms with Gasteiger partial charge in [-0.05, 0) is 58.4 Å². The number of rotatable bonds is 7. The van der Waals surface area contributed by atoms with Crippen molar-refractivity contribution in [2.75, 3.05) is 13.6 Å². The lowest BCUT2D eigenvalue weighted by molar-refractivity contribution is 0.0986. The second kappa shape index (κ2) is 7.64. The van der Waals surface area contributed by atoms with Gasteiger partial charge >= 0.3 is 0 Å². The second-order valence-electron chi connectivity index (χ2n) is 7.51. The monoisotopic (exact) mass is 268 g/mol. The quantitative estimate of drug-likeness (QED) is 0.749. The largest absolute Gasteiger partial charge is 0.313 e. The van der Waals surface area contributed by atoms with Crippen LogP contribution < -0.4 is 5.32 Å². The Kier molecular flexibility index (Phi) is 6.82. The maximum atomic E-state index is 3.68. The molecule has 2 unspecified atom stereocenters. The van der Waals surface area contributed by atoms with E-state index in [0.29, 0.717) is 17.5 Å². The summed E-state index contributed by atoms with van der Waals surface area (Å²) >= 11 is 0. The molecular formula is C17H36N2. The highest BCUT2D eigenvalue weighted by atomic mass is 15.2. The van der Waals surface area contributed by atoms with Crippen molar-refractivity contribution in [2.45, 2.75) is 91.3 Å². The minimum absolute atomic E-state index is 0.578. The second-order valence-corrected chi connectivity index (χ2v) is 7.51. The molecule has 0 amide bonds. The lowest BCUT2D eigenvalue weighted by atomic mass is 9.75. The molecule has 1 saturated carbocycles. The van der Waals surface area contributed by atoms with Gasteiger partial charge in [0, 0.05) is 24.7 Å². The molecule has 0 heterocycles. The Morgan fingerprint density at radius 3 is 2.32 bits per heavy atom. The topological polar surface area (TPSA) is 15.3 Å². The highest BCUT2D eigenvalue weighted by Crippen LogP contribution is 2.36. The molecule has 0 aliphatic heterocycles. The molecule has 1 aliphatic rings. The Labute approximate surface area is 121 Å². The third-order valence-electron chi connectivity index (χ3n) is 5.06. The van der Waals surface area contributed by atoms with E-state index in [-0.39, 0.29) is 0 Å². The molecule has 1 N–H and O–H groups in total. The zero-order valence-electron chi connectivity index (χ0n) is 14.1. The molecule has 114 valence electrons. The van der Waals surface area contributed by atoms with Crippen molar-refractivity contribution in [3.05, 3.63) is 0 Å². The van der Waals surface area contributed by atoms with Crippen LogP contribution in [-0.4, -0.2) is 36.6 Å². The van der Waals surface area contributed by atoms with E-state index in [1.54, 1.807) is 0 Å². The Bertz CT molecular complexity index is 240. The third kappa shape index (κ3) is 5.83. The first kappa shape index (κ1) is 17.0. The SMILES string of the molecule is CCCC(C)NCC(C)N(C)C1CCC(C)(C)CC1. The molecule has 2 atom stereocenters. The van der Waals surface area contributed by atoms with Gasteiger partial charge in [-0.15, -0.1) is 0 Å². The Hall–Kier alpha value is -0.0800. The number of likely N-dealkylation sites (N-methyl/N-ethyl adjacent to an activating group) is 1. The van der Waals surface area contributed by atoms with Crippen molar-refractivity contribution >= 4 is 0 Å². The summed E-state index contributed by atoms with van der Waals surface area (Å²) in [5, 5.41) is 3.68. The minimum atomic E-state index is 0.578. The molecule has 0 aromatic rings. The summed E-state index contributed by atoms with van der Waals surface area (Å²) in [5.41, 5.74) is 0.578. The maximum Gasteiger partial charge on any atom is 0.0192 e. The Morgan fingerprint density at radius 1 is 1.21 bits per heavy atom.